The number of carbonyl (C=O) groups excluding carboxylic acids is 1. The molecule has 9 heteroatoms. The van der Waals surface area contributed by atoms with Crippen LogP contribution in [0.5, 0.6) is 0 Å². The van der Waals surface area contributed by atoms with E-state index < -0.39 is 10.0 Å². The molecule has 166 valence electrons. The number of hydrogen-bond acceptors (Lipinski definition) is 5. The van der Waals surface area contributed by atoms with Crippen molar-refractivity contribution >= 4 is 15.9 Å². The summed E-state index contributed by atoms with van der Waals surface area (Å²) in [6, 6.07) is 7.95. The van der Waals surface area contributed by atoms with E-state index in [1.807, 2.05) is 36.1 Å². The number of aromatic nitrogens is 2. The molecule has 2 aliphatic heterocycles. The zero-order valence-corrected chi connectivity index (χ0v) is 18.7. The number of carbonyl (C=O) groups is 1. The number of sulfonamides is 1. The number of hydrogen-bond donors (Lipinski definition) is 1. The molecule has 1 aromatic heterocycles. The molecule has 1 aromatic carbocycles. The van der Waals surface area contributed by atoms with Gasteiger partial charge in [0, 0.05) is 38.5 Å². The molecule has 31 heavy (non-hydrogen) atoms. The van der Waals surface area contributed by atoms with Gasteiger partial charge in [0.05, 0.1) is 23.4 Å². The number of amides is 1. The quantitative estimate of drug-likeness (QED) is 0.750. The lowest BCUT2D eigenvalue weighted by Crippen LogP contribution is -2.40. The summed E-state index contributed by atoms with van der Waals surface area (Å²) in [5, 5.41) is 0. The molecule has 0 saturated carbocycles. The van der Waals surface area contributed by atoms with Gasteiger partial charge >= 0.3 is 0 Å². The molecular formula is C22H28N4O4S. The first kappa shape index (κ1) is 21.7. The molecule has 1 atom stereocenters. The number of fused-ring (bicyclic) bond motifs is 1. The third-order valence-corrected chi connectivity index (χ3v) is 8.00. The van der Waals surface area contributed by atoms with Gasteiger partial charge in [-0.15, -0.1) is 0 Å². The molecule has 0 aliphatic carbocycles. The van der Waals surface area contributed by atoms with E-state index in [0.29, 0.717) is 49.6 Å². The topological polar surface area (TPSA) is 103 Å². The van der Waals surface area contributed by atoms with Gasteiger partial charge in [-0.25, -0.2) is 13.4 Å². The zero-order valence-electron chi connectivity index (χ0n) is 17.9. The summed E-state index contributed by atoms with van der Waals surface area (Å²) in [4.78, 5) is 34.8. The van der Waals surface area contributed by atoms with Gasteiger partial charge in [0.25, 0.3) is 5.56 Å². The predicted molar refractivity (Wildman–Crippen MR) is 117 cm³/mol. The lowest BCUT2D eigenvalue weighted by Gasteiger charge is -2.27. The van der Waals surface area contributed by atoms with Crippen LogP contribution in [0.25, 0.3) is 0 Å². The van der Waals surface area contributed by atoms with Crippen LogP contribution >= 0.6 is 0 Å². The van der Waals surface area contributed by atoms with E-state index in [1.54, 1.807) is 6.92 Å². The Morgan fingerprint density at radius 3 is 2.84 bits per heavy atom. The number of aromatic amines is 1. The highest BCUT2D eigenvalue weighted by Gasteiger charge is 2.32. The fraction of sp³-hybridized carbons (Fsp3) is 0.500. The number of aryl methyl sites for hydroxylation is 1. The van der Waals surface area contributed by atoms with Crippen LogP contribution in [0, 0.1) is 6.92 Å². The van der Waals surface area contributed by atoms with Crippen molar-refractivity contribution in [2.75, 3.05) is 25.4 Å². The number of likely N-dealkylation sites (tertiary alicyclic amines) is 1. The van der Waals surface area contributed by atoms with E-state index in [-0.39, 0.29) is 29.7 Å². The standard InChI is InChI=1S/C22H28N4O4S/c1-3-31(29,30)26-10-8-19-18(14-26)22(28)24-21(23-19)17-7-9-25(13-17)20(27)12-16-6-4-5-15(2)11-16/h4-6,11,17H,3,7-10,12-14H2,1-2H3,(H,23,24,28). The summed E-state index contributed by atoms with van der Waals surface area (Å²) in [5.41, 5.74) is 2.95. The lowest BCUT2D eigenvalue weighted by atomic mass is 10.1. The summed E-state index contributed by atoms with van der Waals surface area (Å²) in [6.07, 6.45) is 1.54. The van der Waals surface area contributed by atoms with Crippen LogP contribution in [0.1, 0.15) is 47.5 Å². The number of nitrogens with one attached hydrogen (secondary N) is 1. The van der Waals surface area contributed by atoms with Crippen LogP contribution in [0.4, 0.5) is 0 Å². The molecule has 1 N–H and O–H groups in total. The molecule has 3 heterocycles. The first-order valence-electron chi connectivity index (χ1n) is 10.7. The van der Waals surface area contributed by atoms with E-state index in [2.05, 4.69) is 9.97 Å². The van der Waals surface area contributed by atoms with Crippen molar-refractivity contribution in [3.8, 4) is 0 Å². The minimum atomic E-state index is -3.34. The van der Waals surface area contributed by atoms with Gasteiger partial charge < -0.3 is 9.88 Å². The van der Waals surface area contributed by atoms with Crippen LogP contribution in [0.2, 0.25) is 0 Å². The molecule has 0 bridgehead atoms. The van der Waals surface area contributed by atoms with Gasteiger partial charge in [-0.2, -0.15) is 4.31 Å². The third-order valence-electron chi connectivity index (χ3n) is 6.18. The molecule has 2 aromatic rings. The maximum absolute atomic E-state index is 12.7. The molecule has 0 spiro atoms. The maximum Gasteiger partial charge on any atom is 0.255 e. The summed E-state index contributed by atoms with van der Waals surface area (Å²) >= 11 is 0. The molecule has 0 radical (unpaired) electrons. The van der Waals surface area contributed by atoms with Crippen LogP contribution in [-0.4, -0.2) is 58.9 Å². The molecule has 1 unspecified atom stereocenters. The summed E-state index contributed by atoms with van der Waals surface area (Å²) in [5.74, 6) is 0.673. The molecule has 1 fully saturated rings. The number of rotatable bonds is 5. The normalized spacial score (nSPS) is 19.4. The molecule has 4 rings (SSSR count). The Morgan fingerprint density at radius 2 is 2.10 bits per heavy atom. The fourth-order valence-corrected chi connectivity index (χ4v) is 5.41. The average Bonchev–Trinajstić information content (AvgIpc) is 3.24. The highest BCUT2D eigenvalue weighted by Crippen LogP contribution is 2.26. The first-order valence-corrected chi connectivity index (χ1v) is 12.3. The van der Waals surface area contributed by atoms with Gasteiger partial charge in [0.1, 0.15) is 5.82 Å². The summed E-state index contributed by atoms with van der Waals surface area (Å²) in [7, 11) is -3.34. The Labute approximate surface area is 182 Å². The van der Waals surface area contributed by atoms with Crippen LogP contribution in [-0.2, 0) is 34.2 Å². The Morgan fingerprint density at radius 1 is 1.29 bits per heavy atom. The number of benzene rings is 1. The molecule has 2 aliphatic rings. The second kappa shape index (κ2) is 8.55. The van der Waals surface area contributed by atoms with Crippen LogP contribution in [0.15, 0.2) is 29.1 Å². The van der Waals surface area contributed by atoms with Gasteiger partial charge in [0.15, 0.2) is 0 Å². The number of nitrogens with zero attached hydrogens (tertiary/aromatic N) is 3. The van der Waals surface area contributed by atoms with E-state index >= 15 is 0 Å². The first-order chi connectivity index (χ1) is 14.8. The number of H-pyrrole nitrogens is 1. The molecule has 8 nitrogen and oxygen atoms in total. The van der Waals surface area contributed by atoms with Crippen molar-refractivity contribution in [1.82, 2.24) is 19.2 Å². The van der Waals surface area contributed by atoms with Crippen molar-refractivity contribution in [1.29, 1.82) is 0 Å². The van der Waals surface area contributed by atoms with Crippen molar-refractivity contribution in [3.63, 3.8) is 0 Å². The second-order valence-corrected chi connectivity index (χ2v) is 10.6. The lowest BCUT2D eigenvalue weighted by molar-refractivity contribution is -0.129. The Balaban J connectivity index is 1.46. The summed E-state index contributed by atoms with van der Waals surface area (Å²) in [6.45, 7) is 5.18. The molecule has 1 amide bonds. The van der Waals surface area contributed by atoms with E-state index in [0.717, 1.165) is 17.5 Å². The van der Waals surface area contributed by atoms with Crippen molar-refractivity contribution in [2.24, 2.45) is 0 Å². The van der Waals surface area contributed by atoms with E-state index in [4.69, 9.17) is 0 Å². The molecular weight excluding hydrogens is 416 g/mol. The zero-order chi connectivity index (χ0) is 22.2. The highest BCUT2D eigenvalue weighted by molar-refractivity contribution is 7.89. The van der Waals surface area contributed by atoms with E-state index in [9.17, 15) is 18.0 Å². The van der Waals surface area contributed by atoms with Crippen LogP contribution in [0.3, 0.4) is 0 Å². The second-order valence-electron chi connectivity index (χ2n) is 8.35. The van der Waals surface area contributed by atoms with Gasteiger partial charge in [0.2, 0.25) is 15.9 Å². The van der Waals surface area contributed by atoms with Crippen molar-refractivity contribution in [2.45, 2.75) is 45.6 Å². The minimum Gasteiger partial charge on any atom is -0.342 e. The van der Waals surface area contributed by atoms with Gasteiger partial charge in [-0.05, 0) is 25.8 Å². The third kappa shape index (κ3) is 4.57. The Hall–Kier alpha value is -2.52. The Kier molecular flexibility index (Phi) is 5.98. The summed E-state index contributed by atoms with van der Waals surface area (Å²) < 4.78 is 25.7. The van der Waals surface area contributed by atoms with Crippen molar-refractivity contribution in [3.05, 3.63) is 62.8 Å². The highest BCUT2D eigenvalue weighted by atomic mass is 32.2. The largest absolute Gasteiger partial charge is 0.342 e. The van der Waals surface area contributed by atoms with E-state index in [1.165, 1.54) is 4.31 Å². The fourth-order valence-electron chi connectivity index (χ4n) is 4.35. The average molecular weight is 445 g/mol. The maximum atomic E-state index is 12.7. The monoisotopic (exact) mass is 444 g/mol. The van der Waals surface area contributed by atoms with Crippen molar-refractivity contribution < 1.29 is 13.2 Å². The Bertz CT molecular complexity index is 1160. The molecule has 1 saturated heterocycles. The SMILES string of the molecule is CCS(=O)(=O)N1CCc2nc(C3CCN(C(=O)Cc4cccc(C)c4)C3)[nH]c(=O)c2C1. The minimum absolute atomic E-state index is 0.0141. The van der Waals surface area contributed by atoms with Gasteiger partial charge in [-0.3, -0.25) is 9.59 Å². The predicted octanol–water partition coefficient (Wildman–Crippen LogP) is 1.34. The smallest absolute Gasteiger partial charge is 0.255 e. The van der Waals surface area contributed by atoms with Crippen LogP contribution < -0.4 is 5.56 Å². The van der Waals surface area contributed by atoms with Gasteiger partial charge in [-0.1, -0.05) is 29.8 Å².